The number of aromatic nitrogens is 1. The zero-order chi connectivity index (χ0) is 17.5. The summed E-state index contributed by atoms with van der Waals surface area (Å²) in [6.45, 7) is 3.23. The van der Waals surface area contributed by atoms with Crippen molar-refractivity contribution in [3.63, 3.8) is 0 Å². The third-order valence-corrected chi connectivity index (χ3v) is 4.46. The van der Waals surface area contributed by atoms with E-state index < -0.39 is 0 Å². The van der Waals surface area contributed by atoms with Crippen LogP contribution in [-0.4, -0.2) is 30.2 Å². The molecule has 132 valence electrons. The second-order valence-electron chi connectivity index (χ2n) is 6.45. The largest absolute Gasteiger partial charge is 0.373 e. The van der Waals surface area contributed by atoms with Crippen molar-refractivity contribution in [1.82, 2.24) is 15.6 Å². The number of nitrogens with zero attached hydrogens (tertiary/aromatic N) is 1. The molecule has 1 aromatic carbocycles. The first-order chi connectivity index (χ1) is 12.2. The Labute approximate surface area is 148 Å². The van der Waals surface area contributed by atoms with E-state index in [0.717, 1.165) is 30.5 Å². The number of benzene rings is 1. The number of carbonyl (C=O) groups is 1. The van der Waals surface area contributed by atoms with E-state index in [1.807, 2.05) is 43.5 Å². The molecule has 2 heterocycles. The van der Waals surface area contributed by atoms with Crippen molar-refractivity contribution in [2.45, 2.75) is 38.3 Å². The van der Waals surface area contributed by atoms with Crippen molar-refractivity contribution < 1.29 is 9.53 Å². The van der Waals surface area contributed by atoms with Crippen LogP contribution < -0.4 is 10.6 Å². The highest BCUT2D eigenvalue weighted by Crippen LogP contribution is 2.27. The van der Waals surface area contributed by atoms with Crippen molar-refractivity contribution in [3.05, 3.63) is 65.5 Å². The van der Waals surface area contributed by atoms with Gasteiger partial charge in [0.2, 0.25) is 0 Å². The molecular formula is C20H25N3O2. The van der Waals surface area contributed by atoms with Crippen LogP contribution in [0.15, 0.2) is 48.7 Å². The van der Waals surface area contributed by atoms with E-state index in [2.05, 4.69) is 27.8 Å². The molecule has 0 unspecified atom stereocenters. The Balaban J connectivity index is 1.42. The smallest absolute Gasteiger partial charge is 0.315 e. The lowest BCUT2D eigenvalue weighted by Gasteiger charge is -2.30. The number of ether oxygens (including phenoxy) is 1. The summed E-state index contributed by atoms with van der Waals surface area (Å²) in [5, 5.41) is 6.00. The molecule has 1 aliphatic heterocycles. The van der Waals surface area contributed by atoms with E-state index in [0.29, 0.717) is 13.2 Å². The maximum atomic E-state index is 12.1. The molecule has 5 heteroatoms. The van der Waals surface area contributed by atoms with Crippen LogP contribution in [0.5, 0.6) is 0 Å². The molecule has 1 fully saturated rings. The molecule has 0 saturated carbocycles. The normalized spacial score (nSPS) is 20.0. The average molecular weight is 339 g/mol. The number of urea groups is 1. The lowest BCUT2D eigenvalue weighted by atomic mass is 9.97. The topological polar surface area (TPSA) is 63.2 Å². The van der Waals surface area contributed by atoms with Crippen LogP contribution >= 0.6 is 0 Å². The van der Waals surface area contributed by atoms with Gasteiger partial charge in [-0.2, -0.15) is 0 Å². The zero-order valence-corrected chi connectivity index (χ0v) is 14.6. The van der Waals surface area contributed by atoms with Crippen LogP contribution in [0.4, 0.5) is 4.79 Å². The monoisotopic (exact) mass is 339 g/mol. The van der Waals surface area contributed by atoms with Crippen LogP contribution in [0, 0.1) is 6.92 Å². The SMILES string of the molecule is Cc1ccc(CCNC(=O)N[C@H]2CCO[C@@H](c3ccccc3)C2)cn1. The van der Waals surface area contributed by atoms with Crippen LogP contribution in [-0.2, 0) is 11.2 Å². The molecular weight excluding hydrogens is 314 g/mol. The summed E-state index contributed by atoms with van der Waals surface area (Å²) in [6, 6.07) is 14.2. The standard InChI is InChI=1S/C20H25N3O2/c1-15-7-8-16(14-22-15)9-11-21-20(24)23-18-10-12-25-19(13-18)17-5-3-2-4-6-17/h2-8,14,18-19H,9-13H2,1H3,(H2,21,23,24)/t18-,19+/m0/s1. The summed E-state index contributed by atoms with van der Waals surface area (Å²) in [5.41, 5.74) is 3.30. The molecule has 0 bridgehead atoms. The molecule has 1 aromatic heterocycles. The fourth-order valence-electron chi connectivity index (χ4n) is 3.03. The van der Waals surface area contributed by atoms with E-state index in [4.69, 9.17) is 4.74 Å². The number of nitrogens with one attached hydrogen (secondary N) is 2. The van der Waals surface area contributed by atoms with E-state index in [-0.39, 0.29) is 18.2 Å². The molecule has 1 aliphatic rings. The highest BCUT2D eigenvalue weighted by molar-refractivity contribution is 5.74. The third kappa shape index (κ3) is 5.29. The lowest BCUT2D eigenvalue weighted by molar-refractivity contribution is 0.00227. The van der Waals surface area contributed by atoms with E-state index in [1.54, 1.807) is 0 Å². The first-order valence-electron chi connectivity index (χ1n) is 8.83. The number of amides is 2. The lowest BCUT2D eigenvalue weighted by Crippen LogP contribution is -2.45. The van der Waals surface area contributed by atoms with Crippen molar-refractivity contribution in [2.24, 2.45) is 0 Å². The van der Waals surface area contributed by atoms with Gasteiger partial charge in [-0.15, -0.1) is 0 Å². The molecule has 0 aliphatic carbocycles. The number of hydrogen-bond donors (Lipinski definition) is 2. The summed E-state index contributed by atoms with van der Waals surface area (Å²) in [7, 11) is 0. The quantitative estimate of drug-likeness (QED) is 0.879. The van der Waals surface area contributed by atoms with E-state index in [9.17, 15) is 4.79 Å². The molecule has 1 saturated heterocycles. The van der Waals surface area contributed by atoms with Crippen LogP contribution in [0.2, 0.25) is 0 Å². The van der Waals surface area contributed by atoms with Gasteiger partial charge in [-0.25, -0.2) is 4.79 Å². The second-order valence-corrected chi connectivity index (χ2v) is 6.45. The van der Waals surface area contributed by atoms with Gasteiger partial charge in [-0.1, -0.05) is 36.4 Å². The number of pyridine rings is 1. The first kappa shape index (κ1) is 17.4. The Bertz CT molecular complexity index is 673. The minimum atomic E-state index is -0.112. The van der Waals surface area contributed by atoms with Gasteiger partial charge in [-0.05, 0) is 43.4 Å². The van der Waals surface area contributed by atoms with E-state index in [1.165, 1.54) is 5.56 Å². The number of carbonyl (C=O) groups excluding carboxylic acids is 1. The van der Waals surface area contributed by atoms with Crippen LogP contribution in [0.3, 0.4) is 0 Å². The highest BCUT2D eigenvalue weighted by Gasteiger charge is 2.24. The predicted molar refractivity (Wildman–Crippen MR) is 97.4 cm³/mol. The number of hydrogen-bond acceptors (Lipinski definition) is 3. The summed E-state index contributed by atoms with van der Waals surface area (Å²) in [5.74, 6) is 0. The molecule has 0 spiro atoms. The molecule has 2 amide bonds. The van der Waals surface area contributed by atoms with E-state index >= 15 is 0 Å². The highest BCUT2D eigenvalue weighted by atomic mass is 16.5. The molecule has 2 N–H and O–H groups in total. The van der Waals surface area contributed by atoms with Crippen molar-refractivity contribution in [1.29, 1.82) is 0 Å². The second kappa shape index (κ2) is 8.62. The van der Waals surface area contributed by atoms with Gasteiger partial charge in [0.05, 0.1) is 6.10 Å². The Morgan fingerprint density at radius 2 is 2.08 bits per heavy atom. The zero-order valence-electron chi connectivity index (χ0n) is 14.6. The van der Waals surface area contributed by atoms with Gasteiger partial charge >= 0.3 is 6.03 Å². The van der Waals surface area contributed by atoms with Crippen molar-refractivity contribution in [3.8, 4) is 0 Å². The summed E-state index contributed by atoms with van der Waals surface area (Å²) in [6.07, 6.45) is 4.34. The third-order valence-electron chi connectivity index (χ3n) is 4.46. The minimum absolute atomic E-state index is 0.0545. The van der Waals surface area contributed by atoms with Crippen molar-refractivity contribution >= 4 is 6.03 Å². The molecule has 3 rings (SSSR count). The fourth-order valence-corrected chi connectivity index (χ4v) is 3.03. The number of aryl methyl sites for hydroxylation is 1. The molecule has 2 aromatic rings. The molecule has 25 heavy (non-hydrogen) atoms. The summed E-state index contributed by atoms with van der Waals surface area (Å²) in [4.78, 5) is 16.4. The molecule has 0 radical (unpaired) electrons. The van der Waals surface area contributed by atoms with Gasteiger partial charge in [0, 0.05) is 31.1 Å². The fraction of sp³-hybridized carbons (Fsp3) is 0.400. The van der Waals surface area contributed by atoms with Gasteiger partial charge in [-0.3, -0.25) is 4.98 Å². The summed E-state index contributed by atoms with van der Waals surface area (Å²) < 4.78 is 5.85. The van der Waals surface area contributed by atoms with Gasteiger partial charge in [0.25, 0.3) is 0 Å². The molecule has 2 atom stereocenters. The Morgan fingerprint density at radius 3 is 2.84 bits per heavy atom. The Kier molecular flexibility index (Phi) is 6.01. The summed E-state index contributed by atoms with van der Waals surface area (Å²) >= 11 is 0. The van der Waals surface area contributed by atoms with Crippen molar-refractivity contribution in [2.75, 3.05) is 13.2 Å². The average Bonchev–Trinajstić information content (AvgIpc) is 2.64. The Hall–Kier alpha value is -2.40. The Morgan fingerprint density at radius 1 is 1.24 bits per heavy atom. The van der Waals surface area contributed by atoms with Crippen LogP contribution in [0.25, 0.3) is 0 Å². The minimum Gasteiger partial charge on any atom is -0.373 e. The number of rotatable bonds is 5. The molecule has 5 nitrogen and oxygen atoms in total. The maximum absolute atomic E-state index is 12.1. The van der Waals surface area contributed by atoms with Gasteiger partial charge in [0.15, 0.2) is 0 Å². The van der Waals surface area contributed by atoms with Crippen LogP contribution in [0.1, 0.15) is 35.8 Å². The maximum Gasteiger partial charge on any atom is 0.315 e. The van der Waals surface area contributed by atoms with Gasteiger partial charge < -0.3 is 15.4 Å². The predicted octanol–water partition coefficient (Wildman–Crippen LogP) is 3.15. The van der Waals surface area contributed by atoms with Gasteiger partial charge in [0.1, 0.15) is 0 Å². The first-order valence-corrected chi connectivity index (χ1v) is 8.83.